The molecule has 0 aromatic heterocycles. The SMILES string of the molecule is CCCOc1cccc(NC(=O)C2C=CC(N)C2)c1. The Balaban J connectivity index is 1.95. The molecule has 0 spiro atoms. The monoisotopic (exact) mass is 260 g/mol. The zero-order chi connectivity index (χ0) is 13.7. The molecule has 4 heteroatoms. The molecular weight excluding hydrogens is 240 g/mol. The first kappa shape index (κ1) is 13.6. The minimum absolute atomic E-state index is 0.00466. The fourth-order valence-corrected chi connectivity index (χ4v) is 2.04. The molecule has 1 aromatic carbocycles. The molecule has 1 aliphatic rings. The van der Waals surface area contributed by atoms with E-state index in [0.717, 1.165) is 17.9 Å². The van der Waals surface area contributed by atoms with Crippen LogP contribution in [0.3, 0.4) is 0 Å². The Morgan fingerprint density at radius 2 is 2.32 bits per heavy atom. The van der Waals surface area contributed by atoms with E-state index in [4.69, 9.17) is 10.5 Å². The highest BCUT2D eigenvalue weighted by atomic mass is 16.5. The first-order valence-corrected chi connectivity index (χ1v) is 6.66. The molecule has 3 N–H and O–H groups in total. The van der Waals surface area contributed by atoms with Gasteiger partial charge in [0.25, 0.3) is 0 Å². The molecule has 1 amide bonds. The average Bonchev–Trinajstić information content (AvgIpc) is 2.83. The number of amides is 1. The number of carbonyl (C=O) groups excluding carboxylic acids is 1. The van der Waals surface area contributed by atoms with E-state index in [1.165, 1.54) is 0 Å². The number of nitrogens with two attached hydrogens (primary N) is 1. The van der Waals surface area contributed by atoms with Crippen molar-refractivity contribution in [3.05, 3.63) is 36.4 Å². The Morgan fingerprint density at radius 3 is 3.00 bits per heavy atom. The van der Waals surface area contributed by atoms with Crippen LogP contribution in [0, 0.1) is 5.92 Å². The minimum atomic E-state index is -0.129. The second-order valence-electron chi connectivity index (χ2n) is 4.76. The first-order chi connectivity index (χ1) is 9.19. The van der Waals surface area contributed by atoms with Crippen LogP contribution in [-0.2, 0) is 4.79 Å². The van der Waals surface area contributed by atoms with Gasteiger partial charge < -0.3 is 15.8 Å². The first-order valence-electron chi connectivity index (χ1n) is 6.66. The van der Waals surface area contributed by atoms with Gasteiger partial charge in [-0.25, -0.2) is 0 Å². The van der Waals surface area contributed by atoms with Gasteiger partial charge in [-0.2, -0.15) is 0 Å². The van der Waals surface area contributed by atoms with Gasteiger partial charge in [0.2, 0.25) is 5.91 Å². The summed E-state index contributed by atoms with van der Waals surface area (Å²) in [5.41, 5.74) is 6.51. The van der Waals surface area contributed by atoms with Crippen molar-refractivity contribution < 1.29 is 9.53 Å². The molecule has 4 nitrogen and oxygen atoms in total. The van der Waals surface area contributed by atoms with Crippen molar-refractivity contribution >= 4 is 11.6 Å². The van der Waals surface area contributed by atoms with Crippen LogP contribution < -0.4 is 15.8 Å². The van der Waals surface area contributed by atoms with Crippen molar-refractivity contribution in [1.29, 1.82) is 0 Å². The van der Waals surface area contributed by atoms with Gasteiger partial charge in [0.15, 0.2) is 0 Å². The highest BCUT2D eigenvalue weighted by molar-refractivity contribution is 5.94. The molecule has 0 fully saturated rings. The number of nitrogens with one attached hydrogen (secondary N) is 1. The normalized spacial score (nSPS) is 21.4. The lowest BCUT2D eigenvalue weighted by molar-refractivity contribution is -0.118. The minimum Gasteiger partial charge on any atom is -0.494 e. The second-order valence-corrected chi connectivity index (χ2v) is 4.76. The molecular formula is C15H20N2O2. The Kier molecular flexibility index (Phi) is 4.58. The number of rotatable bonds is 5. The number of anilines is 1. The average molecular weight is 260 g/mol. The smallest absolute Gasteiger partial charge is 0.231 e. The molecule has 0 saturated heterocycles. The topological polar surface area (TPSA) is 64.3 Å². The predicted octanol–water partition coefficient (Wildman–Crippen LogP) is 2.32. The molecule has 0 saturated carbocycles. The summed E-state index contributed by atoms with van der Waals surface area (Å²) < 4.78 is 5.53. The molecule has 0 heterocycles. The fraction of sp³-hybridized carbons (Fsp3) is 0.400. The number of hydrogen-bond acceptors (Lipinski definition) is 3. The lowest BCUT2D eigenvalue weighted by Crippen LogP contribution is -2.23. The second kappa shape index (κ2) is 6.38. The largest absolute Gasteiger partial charge is 0.494 e. The third-order valence-electron chi connectivity index (χ3n) is 3.03. The maximum Gasteiger partial charge on any atom is 0.231 e. The zero-order valence-electron chi connectivity index (χ0n) is 11.1. The fourth-order valence-electron chi connectivity index (χ4n) is 2.04. The van der Waals surface area contributed by atoms with Gasteiger partial charge in [-0.3, -0.25) is 4.79 Å². The summed E-state index contributed by atoms with van der Waals surface area (Å²) in [4.78, 5) is 12.0. The highest BCUT2D eigenvalue weighted by Gasteiger charge is 2.22. The maximum absolute atomic E-state index is 12.0. The van der Waals surface area contributed by atoms with Gasteiger partial charge in [-0.15, -0.1) is 0 Å². The van der Waals surface area contributed by atoms with Gasteiger partial charge >= 0.3 is 0 Å². The van der Waals surface area contributed by atoms with Gasteiger partial charge in [0.05, 0.1) is 12.5 Å². The standard InChI is InChI=1S/C15H20N2O2/c1-2-8-19-14-5-3-4-13(10-14)17-15(18)11-6-7-12(16)9-11/h3-7,10-12H,2,8-9,16H2,1H3,(H,17,18). The van der Waals surface area contributed by atoms with Crippen molar-refractivity contribution in [2.45, 2.75) is 25.8 Å². The van der Waals surface area contributed by atoms with Gasteiger partial charge in [-0.05, 0) is 25.0 Å². The highest BCUT2D eigenvalue weighted by Crippen LogP contribution is 2.21. The van der Waals surface area contributed by atoms with Crippen LogP contribution in [0.25, 0.3) is 0 Å². The summed E-state index contributed by atoms with van der Waals surface area (Å²) in [7, 11) is 0. The van der Waals surface area contributed by atoms with Crippen LogP contribution in [0.2, 0.25) is 0 Å². The molecule has 0 aliphatic heterocycles. The predicted molar refractivity (Wildman–Crippen MR) is 76.1 cm³/mol. The van der Waals surface area contributed by atoms with E-state index in [-0.39, 0.29) is 17.9 Å². The van der Waals surface area contributed by atoms with E-state index in [0.29, 0.717) is 13.0 Å². The van der Waals surface area contributed by atoms with E-state index >= 15 is 0 Å². The number of carbonyl (C=O) groups is 1. The lowest BCUT2D eigenvalue weighted by Gasteiger charge is -2.12. The van der Waals surface area contributed by atoms with Crippen LogP contribution in [0.15, 0.2) is 36.4 Å². The summed E-state index contributed by atoms with van der Waals surface area (Å²) in [6.45, 7) is 2.74. The summed E-state index contributed by atoms with van der Waals surface area (Å²) in [6, 6.07) is 7.45. The molecule has 1 aromatic rings. The quantitative estimate of drug-likeness (QED) is 0.798. The molecule has 0 radical (unpaired) electrons. The van der Waals surface area contributed by atoms with E-state index in [1.807, 2.05) is 36.4 Å². The Labute approximate surface area is 113 Å². The van der Waals surface area contributed by atoms with Crippen molar-refractivity contribution in [2.75, 3.05) is 11.9 Å². The summed E-state index contributed by atoms with van der Waals surface area (Å²) in [5, 5.41) is 2.90. The van der Waals surface area contributed by atoms with Gasteiger partial charge in [0, 0.05) is 17.8 Å². The number of hydrogen-bond donors (Lipinski definition) is 2. The van der Waals surface area contributed by atoms with Crippen molar-refractivity contribution in [2.24, 2.45) is 11.7 Å². The summed E-state index contributed by atoms with van der Waals surface area (Å²) in [5.74, 6) is 0.630. The Hall–Kier alpha value is -1.81. The van der Waals surface area contributed by atoms with Crippen LogP contribution in [0.5, 0.6) is 5.75 Å². The van der Waals surface area contributed by atoms with Gasteiger partial charge in [0.1, 0.15) is 5.75 Å². The molecule has 19 heavy (non-hydrogen) atoms. The zero-order valence-corrected chi connectivity index (χ0v) is 11.1. The Morgan fingerprint density at radius 1 is 1.47 bits per heavy atom. The number of benzene rings is 1. The lowest BCUT2D eigenvalue weighted by atomic mass is 10.1. The molecule has 2 rings (SSSR count). The van der Waals surface area contributed by atoms with E-state index in [2.05, 4.69) is 12.2 Å². The third-order valence-corrected chi connectivity index (χ3v) is 3.03. The molecule has 2 atom stereocenters. The van der Waals surface area contributed by atoms with Crippen LogP contribution in [0.4, 0.5) is 5.69 Å². The van der Waals surface area contributed by atoms with Crippen LogP contribution in [0.1, 0.15) is 19.8 Å². The van der Waals surface area contributed by atoms with E-state index in [9.17, 15) is 4.79 Å². The number of ether oxygens (including phenoxy) is 1. The van der Waals surface area contributed by atoms with E-state index < -0.39 is 0 Å². The molecule has 102 valence electrons. The van der Waals surface area contributed by atoms with Crippen molar-refractivity contribution in [3.63, 3.8) is 0 Å². The van der Waals surface area contributed by atoms with Crippen LogP contribution in [-0.4, -0.2) is 18.6 Å². The third kappa shape index (κ3) is 3.83. The maximum atomic E-state index is 12.0. The van der Waals surface area contributed by atoms with E-state index in [1.54, 1.807) is 0 Å². The van der Waals surface area contributed by atoms with Crippen molar-refractivity contribution in [3.8, 4) is 5.75 Å². The molecule has 0 bridgehead atoms. The van der Waals surface area contributed by atoms with Crippen molar-refractivity contribution in [1.82, 2.24) is 0 Å². The van der Waals surface area contributed by atoms with Gasteiger partial charge in [-0.1, -0.05) is 25.1 Å². The summed E-state index contributed by atoms with van der Waals surface area (Å²) >= 11 is 0. The van der Waals surface area contributed by atoms with Crippen LogP contribution >= 0.6 is 0 Å². The molecule has 2 unspecified atom stereocenters. The Bertz CT molecular complexity index is 471. The molecule has 1 aliphatic carbocycles. The summed E-state index contributed by atoms with van der Waals surface area (Å²) in [6.07, 6.45) is 5.39.